The number of piperidine rings is 1. The molecular formula is C29H35Cl2N7O6S. The van der Waals surface area contributed by atoms with Crippen LogP contribution >= 0.6 is 23.2 Å². The predicted octanol–water partition coefficient (Wildman–Crippen LogP) is 2.98. The third kappa shape index (κ3) is 7.35. The number of methoxy groups -OCH3 is 1. The molecule has 2 atom stereocenters. The molecule has 2 N–H and O–H groups in total. The van der Waals surface area contributed by atoms with Gasteiger partial charge in [-0.05, 0) is 62.8 Å². The summed E-state index contributed by atoms with van der Waals surface area (Å²) in [4.78, 5) is 49.2. The minimum Gasteiger partial charge on any atom is -0.467 e. The number of ether oxygens (including phenoxy) is 1. The number of imidazole rings is 1. The fourth-order valence-electron chi connectivity index (χ4n) is 5.92. The molecule has 2 aliphatic rings. The van der Waals surface area contributed by atoms with E-state index in [2.05, 4.69) is 25.2 Å². The molecule has 1 aromatic carbocycles. The van der Waals surface area contributed by atoms with Crippen molar-refractivity contribution in [3.8, 4) is 0 Å². The van der Waals surface area contributed by atoms with Crippen molar-refractivity contribution in [1.29, 1.82) is 0 Å². The van der Waals surface area contributed by atoms with Crippen molar-refractivity contribution in [2.75, 3.05) is 33.3 Å². The number of nitrogens with zero attached hydrogens (tertiary/aromatic N) is 5. The monoisotopic (exact) mass is 679 g/mol. The molecule has 242 valence electrons. The van der Waals surface area contributed by atoms with Crippen LogP contribution in [0.25, 0.3) is 11.0 Å². The van der Waals surface area contributed by atoms with E-state index in [1.54, 1.807) is 17.3 Å². The summed E-state index contributed by atoms with van der Waals surface area (Å²) in [7, 11) is -2.94. The predicted molar refractivity (Wildman–Crippen MR) is 167 cm³/mol. The standard InChI is InChI=1S/C29H35Cl2N7O6S/c1-18-34-23-15-32-8-5-25(23)37(18)17-19-6-10-36(11-7-19)29(41)33-16-24(28(40)44-2)35-27(39)26-4-3-9-38(26)45(42,43)22-13-20(30)12-21(31)14-22/h5,8,12-15,19,24,26H,3-4,6-7,9-11,16-17H2,1-2H3,(H,33,41)(H,35,39)/t24-,26-/m0/s1. The van der Waals surface area contributed by atoms with E-state index in [1.165, 1.54) is 25.3 Å². The summed E-state index contributed by atoms with van der Waals surface area (Å²) in [6.07, 6.45) is 5.77. The molecule has 0 unspecified atom stereocenters. The molecule has 45 heavy (non-hydrogen) atoms. The first-order valence-electron chi connectivity index (χ1n) is 14.6. The van der Waals surface area contributed by atoms with E-state index in [9.17, 15) is 22.8 Å². The van der Waals surface area contributed by atoms with Gasteiger partial charge in [-0.3, -0.25) is 9.78 Å². The Bertz CT molecular complexity index is 1670. The molecule has 2 aliphatic heterocycles. The van der Waals surface area contributed by atoms with Crippen molar-refractivity contribution in [3.05, 3.63) is 52.5 Å². The van der Waals surface area contributed by atoms with Crippen molar-refractivity contribution < 1.29 is 27.5 Å². The first-order chi connectivity index (χ1) is 21.5. The second kappa shape index (κ2) is 13.9. The Labute approximate surface area is 271 Å². The summed E-state index contributed by atoms with van der Waals surface area (Å²) in [5, 5.41) is 5.59. The largest absolute Gasteiger partial charge is 0.467 e. The topological polar surface area (TPSA) is 156 Å². The van der Waals surface area contributed by atoms with Gasteiger partial charge >= 0.3 is 12.0 Å². The molecule has 0 bridgehead atoms. The maximum atomic E-state index is 13.4. The van der Waals surface area contributed by atoms with Crippen molar-refractivity contribution in [2.24, 2.45) is 5.92 Å². The zero-order chi connectivity index (χ0) is 32.3. The Morgan fingerprint density at radius 1 is 1.09 bits per heavy atom. The van der Waals surface area contributed by atoms with Gasteiger partial charge in [0.1, 0.15) is 23.4 Å². The van der Waals surface area contributed by atoms with E-state index in [0.717, 1.165) is 40.5 Å². The SMILES string of the molecule is COC(=O)[C@H](CNC(=O)N1CCC(Cn2c(C)nc3cnccc32)CC1)NC(=O)[C@@H]1CCCN1S(=O)(=O)c1cc(Cl)cc(Cl)c1. The van der Waals surface area contributed by atoms with Crippen molar-refractivity contribution in [2.45, 2.75) is 56.1 Å². The van der Waals surface area contributed by atoms with E-state index in [-0.39, 0.29) is 40.5 Å². The number of esters is 1. The number of carbonyl (C=O) groups excluding carboxylic acids is 3. The van der Waals surface area contributed by atoms with Gasteiger partial charge in [0, 0.05) is 42.4 Å². The normalized spacial score (nSPS) is 18.6. The summed E-state index contributed by atoms with van der Waals surface area (Å²) in [5.74, 6) is -0.169. The number of rotatable bonds is 9. The Hall–Kier alpha value is -3.46. The fourth-order valence-corrected chi connectivity index (χ4v) is 8.30. The van der Waals surface area contributed by atoms with E-state index in [1.807, 2.05) is 13.0 Å². The number of nitrogens with one attached hydrogen (secondary N) is 2. The lowest BCUT2D eigenvalue weighted by Gasteiger charge is -2.33. The molecule has 0 spiro atoms. The third-order valence-corrected chi connectivity index (χ3v) is 10.6. The van der Waals surface area contributed by atoms with Gasteiger partial charge in [-0.1, -0.05) is 23.2 Å². The number of amides is 3. The van der Waals surface area contributed by atoms with Crippen molar-refractivity contribution >= 4 is 62.2 Å². The second-order valence-corrected chi connectivity index (χ2v) is 14.0. The summed E-state index contributed by atoms with van der Waals surface area (Å²) in [5.41, 5.74) is 1.89. The van der Waals surface area contributed by atoms with Crippen LogP contribution in [0.5, 0.6) is 0 Å². The lowest BCUT2D eigenvalue weighted by Crippen LogP contribution is -2.55. The Morgan fingerprint density at radius 2 is 1.80 bits per heavy atom. The molecule has 2 saturated heterocycles. The fraction of sp³-hybridized carbons (Fsp3) is 0.483. The number of sulfonamides is 1. The molecule has 0 radical (unpaired) electrons. The Balaban J connectivity index is 1.16. The first-order valence-corrected chi connectivity index (χ1v) is 16.8. The zero-order valence-corrected chi connectivity index (χ0v) is 27.2. The average Bonchev–Trinajstić information content (AvgIpc) is 3.64. The van der Waals surface area contributed by atoms with E-state index < -0.39 is 34.0 Å². The Morgan fingerprint density at radius 3 is 2.49 bits per heavy atom. The van der Waals surface area contributed by atoms with Gasteiger partial charge in [-0.25, -0.2) is 23.0 Å². The average molecular weight is 681 g/mol. The van der Waals surface area contributed by atoms with E-state index in [0.29, 0.717) is 25.4 Å². The van der Waals surface area contributed by atoms with Crippen LogP contribution in [0.1, 0.15) is 31.5 Å². The number of pyridine rings is 1. The molecular weight excluding hydrogens is 645 g/mol. The van der Waals surface area contributed by atoms with Gasteiger partial charge in [-0.15, -0.1) is 0 Å². The molecule has 13 nitrogen and oxygen atoms in total. The molecule has 4 heterocycles. The highest BCUT2D eigenvalue weighted by Gasteiger charge is 2.41. The number of hydrogen-bond donors (Lipinski definition) is 2. The third-order valence-electron chi connectivity index (χ3n) is 8.29. The second-order valence-electron chi connectivity index (χ2n) is 11.2. The number of aryl methyl sites for hydroxylation is 1. The van der Waals surface area contributed by atoms with Crippen LogP contribution < -0.4 is 10.6 Å². The highest BCUT2D eigenvalue weighted by Crippen LogP contribution is 2.30. The van der Waals surface area contributed by atoms with Crippen LogP contribution in [0.2, 0.25) is 10.0 Å². The maximum absolute atomic E-state index is 13.4. The van der Waals surface area contributed by atoms with Gasteiger partial charge in [0.25, 0.3) is 0 Å². The summed E-state index contributed by atoms with van der Waals surface area (Å²) in [6.45, 7) is 3.69. The number of urea groups is 1. The van der Waals surface area contributed by atoms with Crippen LogP contribution in [0.15, 0.2) is 41.6 Å². The van der Waals surface area contributed by atoms with Gasteiger partial charge in [0.05, 0.1) is 30.3 Å². The number of halogens is 2. The lowest BCUT2D eigenvalue weighted by atomic mass is 9.97. The number of carbonyl (C=O) groups is 3. The first kappa shape index (κ1) is 32.9. The van der Waals surface area contributed by atoms with Crippen LogP contribution in [0.3, 0.4) is 0 Å². The van der Waals surface area contributed by atoms with Gasteiger partial charge < -0.3 is 24.8 Å². The van der Waals surface area contributed by atoms with Gasteiger partial charge in [0.2, 0.25) is 15.9 Å². The smallest absolute Gasteiger partial charge is 0.330 e. The highest BCUT2D eigenvalue weighted by atomic mass is 35.5. The van der Waals surface area contributed by atoms with Crippen LogP contribution in [-0.2, 0) is 30.9 Å². The number of hydrogen-bond acceptors (Lipinski definition) is 8. The van der Waals surface area contributed by atoms with Crippen molar-refractivity contribution in [3.63, 3.8) is 0 Å². The summed E-state index contributed by atoms with van der Waals surface area (Å²) in [6, 6.07) is 3.25. The number of fused-ring (bicyclic) bond motifs is 1. The maximum Gasteiger partial charge on any atom is 0.330 e. The van der Waals surface area contributed by atoms with Gasteiger partial charge in [-0.2, -0.15) is 4.31 Å². The molecule has 16 heteroatoms. The highest BCUT2D eigenvalue weighted by molar-refractivity contribution is 7.89. The lowest BCUT2D eigenvalue weighted by molar-refractivity contribution is -0.145. The molecule has 2 aromatic heterocycles. The Kier molecular flexibility index (Phi) is 10.2. The van der Waals surface area contributed by atoms with E-state index >= 15 is 0 Å². The van der Waals surface area contributed by atoms with Crippen LogP contribution in [0, 0.1) is 12.8 Å². The summed E-state index contributed by atoms with van der Waals surface area (Å²) >= 11 is 12.0. The summed E-state index contributed by atoms with van der Waals surface area (Å²) < 4.78 is 34.9. The minimum atomic E-state index is -4.11. The van der Waals surface area contributed by atoms with Crippen LogP contribution in [0.4, 0.5) is 4.79 Å². The molecule has 3 aromatic rings. The zero-order valence-electron chi connectivity index (χ0n) is 24.9. The number of benzene rings is 1. The molecule has 2 fully saturated rings. The van der Waals surface area contributed by atoms with Gasteiger partial charge in [0.15, 0.2) is 0 Å². The molecule has 3 amide bonds. The van der Waals surface area contributed by atoms with Crippen LogP contribution in [-0.4, -0.2) is 95.4 Å². The quantitative estimate of drug-likeness (QED) is 0.327. The van der Waals surface area contributed by atoms with Crippen molar-refractivity contribution in [1.82, 2.24) is 34.4 Å². The molecule has 0 aliphatic carbocycles. The number of likely N-dealkylation sites (tertiary alicyclic amines) is 1. The molecule has 5 rings (SSSR count). The number of aromatic nitrogens is 3. The van der Waals surface area contributed by atoms with E-state index in [4.69, 9.17) is 27.9 Å². The molecule has 0 saturated carbocycles. The minimum absolute atomic E-state index is 0.105.